The molecule has 132 valence electrons. The van der Waals surface area contributed by atoms with Crippen molar-refractivity contribution in [2.45, 2.75) is 13.8 Å². The molecule has 1 unspecified atom stereocenters. The Morgan fingerprint density at radius 2 is 0.920 bits per heavy atom. The molecule has 3 heteroatoms. The average molecular weight is 480 g/mol. The monoisotopic (exact) mass is 480 g/mol. The maximum absolute atomic E-state index is 3.39. The van der Waals surface area contributed by atoms with Crippen molar-refractivity contribution >= 4 is 55.1 Å². The Bertz CT molecular complexity index is 687. The third-order valence-electron chi connectivity index (χ3n) is 4.78. The fourth-order valence-corrected chi connectivity index (χ4v) is 12.2. The first kappa shape index (κ1) is 20.6. The van der Waals surface area contributed by atoms with Crippen LogP contribution in [0.2, 0.25) is 0 Å². The minimum Gasteiger partial charge on any atom is -0.107 e. The van der Waals surface area contributed by atoms with Crippen molar-refractivity contribution in [3.05, 3.63) is 91.0 Å². The molecular weight excluding hydrogens is 453 g/mol. The van der Waals surface area contributed by atoms with Gasteiger partial charge in [0.2, 0.25) is 0 Å². The number of halogens is 1. The van der Waals surface area contributed by atoms with Gasteiger partial charge in [0, 0.05) is 0 Å². The molecule has 0 saturated carbocycles. The summed E-state index contributed by atoms with van der Waals surface area (Å²) in [5.74, 6) is 0.598. The molecule has 0 heterocycles. The first-order valence-electron chi connectivity index (χ1n) is 8.54. The Balaban J connectivity index is 0.00000225. The molecule has 0 fully saturated rings. The molecule has 1 atom stereocenters. The van der Waals surface area contributed by atoms with Crippen LogP contribution in [-0.2, 0) is 0 Å². The van der Waals surface area contributed by atoms with Gasteiger partial charge in [0.1, 0.15) is 0 Å². The third kappa shape index (κ3) is 3.70. The normalized spacial score (nSPS) is 12.9. The van der Waals surface area contributed by atoms with E-state index >= 15 is 0 Å². The topological polar surface area (TPSA) is 0 Å². The van der Waals surface area contributed by atoms with Crippen molar-refractivity contribution in [3.63, 3.8) is 0 Å². The fraction of sp³-hybridized carbons (Fsp3) is 0.182. The van der Waals surface area contributed by atoms with Crippen LogP contribution in [0.5, 0.6) is 0 Å². The standard InChI is InChI=1S/C22H26P2.HI/c1-19(2)18-24(23,20-12-6-3-7-13-20,21-14-8-4-9-15-21)22-16-10-5-11-17-22;/h3-17,19H,18,23H2,1-2H3;1H. The van der Waals surface area contributed by atoms with Crippen LogP contribution in [0.25, 0.3) is 0 Å². The second kappa shape index (κ2) is 8.30. The van der Waals surface area contributed by atoms with Crippen LogP contribution in [0.1, 0.15) is 13.8 Å². The summed E-state index contributed by atoms with van der Waals surface area (Å²) in [5.41, 5.74) is 0. The Morgan fingerprint density at radius 1 is 0.640 bits per heavy atom. The van der Waals surface area contributed by atoms with E-state index in [1.165, 1.54) is 15.9 Å². The molecule has 0 bridgehead atoms. The SMILES string of the molecule is CC(C)CP(P)(c1ccccc1)(c1ccccc1)c1ccccc1.I. The van der Waals surface area contributed by atoms with Crippen LogP contribution in [0, 0.1) is 5.92 Å². The van der Waals surface area contributed by atoms with Crippen LogP contribution in [-0.4, -0.2) is 6.16 Å². The van der Waals surface area contributed by atoms with Crippen LogP contribution >= 0.6 is 39.2 Å². The Labute approximate surface area is 171 Å². The Hall–Kier alpha value is -0.750. The van der Waals surface area contributed by atoms with Crippen LogP contribution in [0.4, 0.5) is 0 Å². The number of benzene rings is 3. The molecule has 0 aromatic heterocycles. The van der Waals surface area contributed by atoms with Gasteiger partial charge in [-0.05, 0) is 0 Å². The molecule has 0 aliphatic carbocycles. The molecule has 3 rings (SSSR count). The molecule has 0 aliphatic rings. The second-order valence-corrected chi connectivity index (χ2v) is 15.1. The van der Waals surface area contributed by atoms with Crippen molar-refractivity contribution in [2.75, 3.05) is 6.16 Å². The van der Waals surface area contributed by atoms with Gasteiger partial charge in [-0.25, -0.2) is 0 Å². The van der Waals surface area contributed by atoms with E-state index in [1.54, 1.807) is 0 Å². The quantitative estimate of drug-likeness (QED) is 0.331. The van der Waals surface area contributed by atoms with Crippen molar-refractivity contribution in [3.8, 4) is 0 Å². The summed E-state index contributed by atoms with van der Waals surface area (Å²) in [7, 11) is 3.39. The van der Waals surface area contributed by atoms with E-state index < -0.39 is 6.29 Å². The van der Waals surface area contributed by atoms with E-state index in [4.69, 9.17) is 0 Å². The van der Waals surface area contributed by atoms with Gasteiger partial charge in [-0.1, -0.05) is 0 Å². The molecule has 0 nitrogen and oxygen atoms in total. The second-order valence-electron chi connectivity index (χ2n) is 6.96. The van der Waals surface area contributed by atoms with E-state index in [-0.39, 0.29) is 24.0 Å². The van der Waals surface area contributed by atoms with Crippen molar-refractivity contribution in [1.82, 2.24) is 0 Å². The van der Waals surface area contributed by atoms with Gasteiger partial charge in [0.25, 0.3) is 0 Å². The number of hydrogen-bond acceptors (Lipinski definition) is 0. The first-order chi connectivity index (χ1) is 11.6. The van der Waals surface area contributed by atoms with E-state index in [2.05, 4.69) is 114 Å². The van der Waals surface area contributed by atoms with E-state index in [0.29, 0.717) is 5.92 Å². The zero-order chi connectivity index (χ0) is 17.1. The van der Waals surface area contributed by atoms with E-state index in [0.717, 1.165) is 6.16 Å². The van der Waals surface area contributed by atoms with Gasteiger partial charge >= 0.3 is 148 Å². The molecule has 3 aromatic rings. The Morgan fingerprint density at radius 3 is 1.16 bits per heavy atom. The van der Waals surface area contributed by atoms with Gasteiger partial charge in [-0.2, -0.15) is 0 Å². The summed E-state index contributed by atoms with van der Waals surface area (Å²) in [6.45, 7) is 4.67. The molecule has 25 heavy (non-hydrogen) atoms. The Kier molecular flexibility index (Phi) is 6.82. The molecule has 3 aromatic carbocycles. The van der Waals surface area contributed by atoms with Crippen molar-refractivity contribution in [2.24, 2.45) is 5.92 Å². The minimum absolute atomic E-state index is 0. The predicted molar refractivity (Wildman–Crippen MR) is 130 cm³/mol. The van der Waals surface area contributed by atoms with Crippen molar-refractivity contribution < 1.29 is 0 Å². The molecule has 0 spiro atoms. The van der Waals surface area contributed by atoms with Gasteiger partial charge in [0.05, 0.1) is 0 Å². The molecular formula is C22H27IP2. The maximum atomic E-state index is 3.39. The molecule has 0 N–H and O–H groups in total. The molecule has 0 radical (unpaired) electrons. The molecule has 0 saturated heterocycles. The summed E-state index contributed by atoms with van der Waals surface area (Å²) in [6.07, 6.45) is -1.43. The summed E-state index contributed by atoms with van der Waals surface area (Å²) in [4.78, 5) is 0. The summed E-state index contributed by atoms with van der Waals surface area (Å²) in [5, 5.41) is 4.33. The van der Waals surface area contributed by atoms with Crippen molar-refractivity contribution in [1.29, 1.82) is 0 Å². The van der Waals surface area contributed by atoms with Gasteiger partial charge < -0.3 is 0 Å². The summed E-state index contributed by atoms with van der Waals surface area (Å²) in [6, 6.07) is 33.3. The van der Waals surface area contributed by atoms with Crippen LogP contribution < -0.4 is 15.9 Å². The number of rotatable bonds is 5. The first-order valence-corrected chi connectivity index (χ1v) is 12.6. The predicted octanol–water partition coefficient (Wildman–Crippen LogP) is 5.58. The zero-order valence-electron chi connectivity index (χ0n) is 14.9. The fourth-order valence-electron chi connectivity index (χ4n) is 3.83. The number of hydrogen-bond donors (Lipinski definition) is 0. The maximum Gasteiger partial charge on any atom is -0.107 e. The smallest absolute Gasteiger partial charge is 0.107 e. The van der Waals surface area contributed by atoms with Crippen LogP contribution in [0.3, 0.4) is 0 Å². The van der Waals surface area contributed by atoms with E-state index in [9.17, 15) is 0 Å². The molecule has 0 aliphatic heterocycles. The minimum atomic E-state index is -2.58. The zero-order valence-corrected chi connectivity index (χ0v) is 19.3. The van der Waals surface area contributed by atoms with Gasteiger partial charge in [-0.15, -0.1) is 24.0 Å². The third-order valence-corrected chi connectivity index (χ3v) is 14.0. The van der Waals surface area contributed by atoms with Gasteiger partial charge in [-0.3, -0.25) is 0 Å². The summed E-state index contributed by atoms with van der Waals surface area (Å²) >= 11 is 0. The van der Waals surface area contributed by atoms with E-state index in [1.807, 2.05) is 0 Å². The van der Waals surface area contributed by atoms with Gasteiger partial charge in [0.15, 0.2) is 0 Å². The largest absolute Gasteiger partial charge is 0.107 e. The summed E-state index contributed by atoms with van der Waals surface area (Å²) < 4.78 is 0. The average Bonchev–Trinajstić information content (AvgIpc) is 2.63. The van der Waals surface area contributed by atoms with Crippen LogP contribution in [0.15, 0.2) is 91.0 Å². The molecule has 0 amide bonds.